The number of hydrogen-bond donors (Lipinski definition) is 0. The molecule has 6 nitrogen and oxygen atoms in total. The summed E-state index contributed by atoms with van der Waals surface area (Å²) >= 11 is 5.78. The predicted octanol–water partition coefficient (Wildman–Crippen LogP) is 3.11. The Kier molecular flexibility index (Phi) is 4.05. The number of furan rings is 1. The van der Waals surface area contributed by atoms with Crippen molar-refractivity contribution in [2.45, 2.75) is 6.54 Å². The molecule has 2 aromatic rings. The summed E-state index contributed by atoms with van der Waals surface area (Å²) in [7, 11) is 1.59. The van der Waals surface area contributed by atoms with Gasteiger partial charge in [0.1, 0.15) is 4.92 Å². The second-order valence-electron chi connectivity index (χ2n) is 4.18. The topological polar surface area (TPSA) is 76.6 Å². The van der Waals surface area contributed by atoms with Crippen LogP contribution in [0.25, 0.3) is 0 Å². The molecule has 0 unspecified atom stereocenters. The fourth-order valence-corrected chi connectivity index (χ4v) is 1.79. The number of nitro groups is 1. The Balaban J connectivity index is 2.07. The first-order valence-electron chi connectivity index (χ1n) is 5.71. The molecular formula is C13H11ClN2O4. The van der Waals surface area contributed by atoms with Crippen LogP contribution in [0.4, 0.5) is 5.88 Å². The van der Waals surface area contributed by atoms with Gasteiger partial charge in [0.25, 0.3) is 5.91 Å². The number of carbonyl (C=O) groups is 1. The summed E-state index contributed by atoms with van der Waals surface area (Å²) in [6.45, 7) is 0.352. The fraction of sp³-hybridized carbons (Fsp3) is 0.154. The number of halogens is 1. The van der Waals surface area contributed by atoms with E-state index in [1.54, 1.807) is 31.3 Å². The highest BCUT2D eigenvalue weighted by Gasteiger charge is 2.20. The lowest BCUT2D eigenvalue weighted by molar-refractivity contribution is -0.402. The summed E-state index contributed by atoms with van der Waals surface area (Å²) in [5, 5.41) is 11.1. The van der Waals surface area contributed by atoms with Gasteiger partial charge in [0.05, 0.1) is 6.07 Å². The van der Waals surface area contributed by atoms with Crippen molar-refractivity contribution >= 4 is 23.4 Å². The molecule has 0 fully saturated rings. The third-order valence-corrected chi connectivity index (χ3v) is 2.91. The molecule has 0 aliphatic carbocycles. The standard InChI is InChI=1S/C13H11ClN2O4/c1-15(8-9-2-4-10(14)5-3-9)13(17)11-6-7-12(20-11)16(18)19/h2-7H,8H2,1H3. The lowest BCUT2D eigenvalue weighted by Crippen LogP contribution is -2.25. The second kappa shape index (κ2) is 5.75. The maximum Gasteiger partial charge on any atom is 0.433 e. The molecule has 0 saturated heterocycles. The monoisotopic (exact) mass is 294 g/mol. The van der Waals surface area contributed by atoms with E-state index in [1.807, 2.05) is 0 Å². The first-order chi connectivity index (χ1) is 9.47. The molecule has 0 aliphatic heterocycles. The molecule has 0 saturated carbocycles. The summed E-state index contributed by atoms with van der Waals surface area (Å²) in [6.07, 6.45) is 0. The fourth-order valence-electron chi connectivity index (χ4n) is 1.66. The van der Waals surface area contributed by atoms with Crippen LogP contribution < -0.4 is 0 Å². The van der Waals surface area contributed by atoms with Crippen molar-refractivity contribution in [3.8, 4) is 0 Å². The van der Waals surface area contributed by atoms with E-state index in [9.17, 15) is 14.9 Å². The summed E-state index contributed by atoms with van der Waals surface area (Å²) in [4.78, 5) is 23.3. The highest BCUT2D eigenvalue weighted by Crippen LogP contribution is 2.18. The van der Waals surface area contributed by atoms with E-state index < -0.39 is 16.7 Å². The normalized spacial score (nSPS) is 10.3. The number of carbonyl (C=O) groups excluding carboxylic acids is 1. The number of amides is 1. The van der Waals surface area contributed by atoms with E-state index in [-0.39, 0.29) is 5.76 Å². The van der Waals surface area contributed by atoms with Gasteiger partial charge in [-0.05, 0) is 23.8 Å². The van der Waals surface area contributed by atoms with Crippen LogP contribution in [0.5, 0.6) is 0 Å². The van der Waals surface area contributed by atoms with Crippen LogP contribution in [0.1, 0.15) is 16.1 Å². The molecule has 0 atom stereocenters. The van der Waals surface area contributed by atoms with Gasteiger partial charge in [-0.3, -0.25) is 14.9 Å². The van der Waals surface area contributed by atoms with E-state index >= 15 is 0 Å². The molecule has 104 valence electrons. The molecule has 1 amide bonds. The highest BCUT2D eigenvalue weighted by molar-refractivity contribution is 6.30. The number of benzene rings is 1. The number of rotatable bonds is 4. The minimum Gasteiger partial charge on any atom is -0.395 e. The lowest BCUT2D eigenvalue weighted by Gasteiger charge is -2.15. The highest BCUT2D eigenvalue weighted by atomic mass is 35.5. The maximum absolute atomic E-state index is 12.0. The first kappa shape index (κ1) is 14.1. The Hall–Kier alpha value is -2.34. The summed E-state index contributed by atoms with van der Waals surface area (Å²) in [5.74, 6) is -0.936. The van der Waals surface area contributed by atoms with Gasteiger partial charge in [-0.1, -0.05) is 23.7 Å². The molecule has 1 heterocycles. The third kappa shape index (κ3) is 3.16. The van der Waals surface area contributed by atoms with Gasteiger partial charge >= 0.3 is 5.88 Å². The van der Waals surface area contributed by atoms with Crippen molar-refractivity contribution in [3.63, 3.8) is 0 Å². The summed E-state index contributed by atoms with van der Waals surface area (Å²) < 4.78 is 4.87. The number of hydrogen-bond acceptors (Lipinski definition) is 4. The zero-order valence-corrected chi connectivity index (χ0v) is 11.3. The van der Waals surface area contributed by atoms with Crippen molar-refractivity contribution < 1.29 is 14.1 Å². The van der Waals surface area contributed by atoms with Crippen molar-refractivity contribution in [1.82, 2.24) is 4.90 Å². The zero-order valence-electron chi connectivity index (χ0n) is 10.6. The van der Waals surface area contributed by atoms with Crippen molar-refractivity contribution in [2.75, 3.05) is 7.05 Å². The van der Waals surface area contributed by atoms with Crippen LogP contribution in [0.15, 0.2) is 40.8 Å². The minimum absolute atomic E-state index is 0.0619. The van der Waals surface area contributed by atoms with Crippen molar-refractivity contribution in [1.29, 1.82) is 0 Å². The Morgan fingerprint density at radius 3 is 2.50 bits per heavy atom. The van der Waals surface area contributed by atoms with Gasteiger partial charge < -0.3 is 9.32 Å². The maximum atomic E-state index is 12.0. The summed E-state index contributed by atoms with van der Waals surface area (Å²) in [5.41, 5.74) is 0.895. The first-order valence-corrected chi connectivity index (χ1v) is 6.09. The minimum atomic E-state index is -0.685. The van der Waals surface area contributed by atoms with Gasteiger partial charge in [0.15, 0.2) is 5.76 Å². The average Bonchev–Trinajstić information content (AvgIpc) is 2.90. The summed E-state index contributed by atoms with van der Waals surface area (Å²) in [6, 6.07) is 9.51. The Morgan fingerprint density at radius 2 is 1.95 bits per heavy atom. The van der Waals surface area contributed by atoms with Crippen LogP contribution in [0.2, 0.25) is 5.02 Å². The van der Waals surface area contributed by atoms with E-state index in [0.29, 0.717) is 11.6 Å². The molecule has 0 radical (unpaired) electrons. The molecule has 20 heavy (non-hydrogen) atoms. The molecule has 7 heteroatoms. The van der Waals surface area contributed by atoms with Crippen LogP contribution in [0.3, 0.4) is 0 Å². The Bertz CT molecular complexity index is 636. The smallest absolute Gasteiger partial charge is 0.395 e. The molecule has 1 aromatic carbocycles. The second-order valence-corrected chi connectivity index (χ2v) is 4.62. The van der Waals surface area contributed by atoms with E-state index in [4.69, 9.17) is 16.0 Å². The van der Waals surface area contributed by atoms with Crippen LogP contribution in [0, 0.1) is 10.1 Å². The Labute approximate surface area is 119 Å². The van der Waals surface area contributed by atoms with E-state index in [2.05, 4.69) is 0 Å². The molecule has 1 aromatic heterocycles. The van der Waals surface area contributed by atoms with Gasteiger partial charge in [-0.15, -0.1) is 0 Å². The van der Waals surface area contributed by atoms with E-state index in [1.165, 1.54) is 11.0 Å². The predicted molar refractivity (Wildman–Crippen MR) is 72.6 cm³/mol. The van der Waals surface area contributed by atoms with Crippen LogP contribution >= 0.6 is 11.6 Å². The number of nitrogens with zero attached hydrogens (tertiary/aromatic N) is 2. The Morgan fingerprint density at radius 1 is 1.30 bits per heavy atom. The lowest BCUT2D eigenvalue weighted by atomic mass is 10.2. The van der Waals surface area contributed by atoms with Gasteiger partial charge in [-0.2, -0.15) is 0 Å². The quantitative estimate of drug-likeness (QED) is 0.641. The van der Waals surface area contributed by atoms with Crippen molar-refractivity contribution in [3.05, 3.63) is 62.9 Å². The molecule has 0 spiro atoms. The SMILES string of the molecule is CN(Cc1ccc(Cl)cc1)C(=O)c1ccc([N+](=O)[O-])o1. The van der Waals surface area contributed by atoms with Crippen LogP contribution in [-0.2, 0) is 6.54 Å². The van der Waals surface area contributed by atoms with Crippen molar-refractivity contribution in [2.24, 2.45) is 0 Å². The van der Waals surface area contributed by atoms with Gasteiger partial charge in [-0.25, -0.2) is 0 Å². The molecule has 0 N–H and O–H groups in total. The molecule has 0 bridgehead atoms. The molecule has 2 rings (SSSR count). The van der Waals surface area contributed by atoms with Crippen LogP contribution in [-0.4, -0.2) is 22.8 Å². The third-order valence-electron chi connectivity index (χ3n) is 2.66. The molecular weight excluding hydrogens is 284 g/mol. The molecule has 0 aliphatic rings. The van der Waals surface area contributed by atoms with E-state index in [0.717, 1.165) is 11.6 Å². The average molecular weight is 295 g/mol. The largest absolute Gasteiger partial charge is 0.433 e. The van der Waals surface area contributed by atoms with Gasteiger partial charge in [0.2, 0.25) is 0 Å². The van der Waals surface area contributed by atoms with Gasteiger partial charge in [0, 0.05) is 18.6 Å². The zero-order chi connectivity index (χ0) is 14.7.